The number of nitrogens with one attached hydrogen (secondary N) is 1. The van der Waals surface area contributed by atoms with Gasteiger partial charge < -0.3 is 14.8 Å². The van der Waals surface area contributed by atoms with Crippen molar-refractivity contribution in [3.63, 3.8) is 0 Å². The van der Waals surface area contributed by atoms with Crippen LogP contribution in [0.1, 0.15) is 20.3 Å². The van der Waals surface area contributed by atoms with Gasteiger partial charge >= 0.3 is 6.36 Å². The van der Waals surface area contributed by atoms with Gasteiger partial charge in [-0.25, -0.2) is 0 Å². The minimum atomic E-state index is -4.70. The lowest BCUT2D eigenvalue weighted by Crippen LogP contribution is -2.22. The Hall–Kier alpha value is -0.950. The molecule has 0 aliphatic heterocycles. The highest BCUT2D eigenvalue weighted by Gasteiger charge is 2.31. The van der Waals surface area contributed by atoms with Crippen LogP contribution in [-0.2, 0) is 0 Å². The fourth-order valence-electron chi connectivity index (χ4n) is 1.56. The molecular formula is C14H19BrF3NO2. The van der Waals surface area contributed by atoms with Gasteiger partial charge in [0.1, 0.15) is 11.5 Å². The van der Waals surface area contributed by atoms with Crippen LogP contribution in [0.4, 0.5) is 13.2 Å². The van der Waals surface area contributed by atoms with Crippen LogP contribution in [0.25, 0.3) is 0 Å². The van der Waals surface area contributed by atoms with Crippen molar-refractivity contribution in [1.82, 2.24) is 5.32 Å². The van der Waals surface area contributed by atoms with Crippen molar-refractivity contribution < 1.29 is 22.6 Å². The number of ether oxygens (including phenoxy) is 2. The van der Waals surface area contributed by atoms with Gasteiger partial charge in [-0.15, -0.1) is 13.2 Å². The molecule has 0 bridgehead atoms. The summed E-state index contributed by atoms with van der Waals surface area (Å²) >= 11 is 3.03. The van der Waals surface area contributed by atoms with Gasteiger partial charge in [0.05, 0.1) is 11.1 Å². The fraction of sp³-hybridized carbons (Fsp3) is 0.571. The van der Waals surface area contributed by atoms with Gasteiger partial charge in [-0.1, -0.05) is 13.8 Å². The molecule has 3 nitrogen and oxygen atoms in total. The van der Waals surface area contributed by atoms with E-state index in [2.05, 4.69) is 39.8 Å². The maximum absolute atomic E-state index is 12.1. The molecule has 7 heteroatoms. The summed E-state index contributed by atoms with van der Waals surface area (Å²) in [6.07, 6.45) is -3.88. The SMILES string of the molecule is CC(C)CNCCCOc1ccc(OC(F)(F)F)c(Br)c1. The second-order valence-corrected chi connectivity index (χ2v) is 5.79. The monoisotopic (exact) mass is 369 g/mol. The standard InChI is InChI=1S/C14H19BrF3NO2/c1-10(2)9-19-6-3-7-20-11-4-5-13(12(15)8-11)21-14(16,17)18/h4-5,8,10,19H,3,6-7,9H2,1-2H3. The van der Waals surface area contributed by atoms with Crippen LogP contribution >= 0.6 is 15.9 Å². The first-order chi connectivity index (χ1) is 9.78. The second-order valence-electron chi connectivity index (χ2n) is 4.94. The summed E-state index contributed by atoms with van der Waals surface area (Å²) < 4.78 is 45.9. The highest BCUT2D eigenvalue weighted by atomic mass is 79.9. The molecule has 0 atom stereocenters. The van der Waals surface area contributed by atoms with Crippen molar-refractivity contribution in [2.24, 2.45) is 5.92 Å². The van der Waals surface area contributed by atoms with Crippen molar-refractivity contribution >= 4 is 15.9 Å². The van der Waals surface area contributed by atoms with E-state index in [1.165, 1.54) is 18.2 Å². The molecule has 0 radical (unpaired) electrons. The lowest BCUT2D eigenvalue weighted by Gasteiger charge is -2.12. The number of rotatable bonds is 8. The number of halogens is 4. The van der Waals surface area contributed by atoms with Crippen LogP contribution in [0.15, 0.2) is 22.7 Å². The maximum Gasteiger partial charge on any atom is 0.573 e. The summed E-state index contributed by atoms with van der Waals surface area (Å²) in [7, 11) is 0. The molecule has 1 aromatic rings. The zero-order valence-corrected chi connectivity index (χ0v) is 13.6. The Bertz CT molecular complexity index is 439. The minimum absolute atomic E-state index is 0.204. The summed E-state index contributed by atoms with van der Waals surface area (Å²) in [5.74, 6) is 0.816. The van der Waals surface area contributed by atoms with E-state index >= 15 is 0 Å². The first kappa shape index (κ1) is 18.1. The number of hydrogen-bond donors (Lipinski definition) is 1. The largest absolute Gasteiger partial charge is 0.573 e. The summed E-state index contributed by atoms with van der Waals surface area (Å²) in [6.45, 7) is 6.55. The van der Waals surface area contributed by atoms with E-state index in [0.717, 1.165) is 19.5 Å². The number of hydrogen-bond acceptors (Lipinski definition) is 3. The second kappa shape index (κ2) is 8.48. The highest BCUT2D eigenvalue weighted by Crippen LogP contribution is 2.33. The molecule has 0 aliphatic carbocycles. The lowest BCUT2D eigenvalue weighted by atomic mass is 10.2. The van der Waals surface area contributed by atoms with Crippen molar-refractivity contribution in [3.8, 4) is 11.5 Å². The van der Waals surface area contributed by atoms with E-state index in [0.29, 0.717) is 18.3 Å². The third-order valence-corrected chi connectivity index (χ3v) is 3.07. The van der Waals surface area contributed by atoms with Gasteiger partial charge in [0.2, 0.25) is 0 Å². The Morgan fingerprint density at radius 3 is 2.57 bits per heavy atom. The predicted octanol–water partition coefficient (Wildman–Crippen LogP) is 4.36. The summed E-state index contributed by atoms with van der Waals surface area (Å²) in [5.41, 5.74) is 0. The molecule has 0 aromatic heterocycles. The Kier molecular flexibility index (Phi) is 7.31. The van der Waals surface area contributed by atoms with Gasteiger partial charge in [0.15, 0.2) is 0 Å². The first-order valence-corrected chi connectivity index (χ1v) is 7.46. The molecule has 0 heterocycles. The number of benzene rings is 1. The van der Waals surface area contributed by atoms with Crippen LogP contribution in [0.3, 0.4) is 0 Å². The van der Waals surface area contributed by atoms with Crippen LogP contribution < -0.4 is 14.8 Å². The van der Waals surface area contributed by atoms with E-state index in [9.17, 15) is 13.2 Å². The van der Waals surface area contributed by atoms with E-state index in [1.54, 1.807) is 0 Å². The molecule has 0 saturated heterocycles. The Morgan fingerprint density at radius 2 is 2.00 bits per heavy atom. The minimum Gasteiger partial charge on any atom is -0.494 e. The lowest BCUT2D eigenvalue weighted by molar-refractivity contribution is -0.274. The van der Waals surface area contributed by atoms with E-state index < -0.39 is 6.36 Å². The Balaban J connectivity index is 2.35. The molecular weight excluding hydrogens is 351 g/mol. The van der Waals surface area contributed by atoms with Crippen molar-refractivity contribution in [3.05, 3.63) is 22.7 Å². The summed E-state index contributed by atoms with van der Waals surface area (Å²) in [4.78, 5) is 0. The van der Waals surface area contributed by atoms with Crippen molar-refractivity contribution in [2.45, 2.75) is 26.6 Å². The highest BCUT2D eigenvalue weighted by molar-refractivity contribution is 9.10. The molecule has 21 heavy (non-hydrogen) atoms. The van der Waals surface area contributed by atoms with E-state index in [4.69, 9.17) is 4.74 Å². The molecule has 0 spiro atoms. The van der Waals surface area contributed by atoms with Crippen LogP contribution in [-0.4, -0.2) is 26.1 Å². The molecule has 0 saturated carbocycles. The smallest absolute Gasteiger partial charge is 0.494 e. The van der Waals surface area contributed by atoms with Gasteiger partial charge in [-0.2, -0.15) is 0 Å². The molecule has 0 aliphatic rings. The molecule has 1 N–H and O–H groups in total. The third-order valence-electron chi connectivity index (χ3n) is 2.45. The van der Waals surface area contributed by atoms with Gasteiger partial charge in [-0.3, -0.25) is 0 Å². The first-order valence-electron chi connectivity index (χ1n) is 6.67. The van der Waals surface area contributed by atoms with Crippen LogP contribution in [0.2, 0.25) is 0 Å². The normalized spacial score (nSPS) is 11.8. The topological polar surface area (TPSA) is 30.5 Å². The zero-order valence-electron chi connectivity index (χ0n) is 12.0. The quantitative estimate of drug-likeness (QED) is 0.690. The predicted molar refractivity (Wildman–Crippen MR) is 78.6 cm³/mol. The summed E-state index contributed by atoms with van der Waals surface area (Å²) in [6, 6.07) is 4.14. The average Bonchev–Trinajstić information content (AvgIpc) is 2.35. The average molecular weight is 370 g/mol. The molecule has 1 aromatic carbocycles. The third kappa shape index (κ3) is 8.16. The molecule has 120 valence electrons. The zero-order chi connectivity index (χ0) is 15.9. The fourth-order valence-corrected chi connectivity index (χ4v) is 2.00. The molecule has 0 unspecified atom stereocenters. The Labute approximate surface area is 130 Å². The molecule has 1 rings (SSSR count). The number of alkyl halides is 3. The maximum atomic E-state index is 12.1. The van der Waals surface area contributed by atoms with E-state index in [1.807, 2.05) is 0 Å². The van der Waals surface area contributed by atoms with Gasteiger partial charge in [-0.05, 0) is 59.6 Å². The van der Waals surface area contributed by atoms with E-state index in [-0.39, 0.29) is 10.2 Å². The van der Waals surface area contributed by atoms with Gasteiger partial charge in [0.25, 0.3) is 0 Å². The molecule has 0 fully saturated rings. The van der Waals surface area contributed by atoms with Gasteiger partial charge in [0, 0.05) is 0 Å². The summed E-state index contributed by atoms with van der Waals surface area (Å²) in [5, 5.41) is 3.28. The van der Waals surface area contributed by atoms with Crippen molar-refractivity contribution in [2.75, 3.05) is 19.7 Å². The van der Waals surface area contributed by atoms with Crippen LogP contribution in [0, 0.1) is 5.92 Å². The Morgan fingerprint density at radius 1 is 1.29 bits per heavy atom. The molecule has 0 amide bonds. The van der Waals surface area contributed by atoms with Crippen molar-refractivity contribution in [1.29, 1.82) is 0 Å². The van der Waals surface area contributed by atoms with Crippen LogP contribution in [0.5, 0.6) is 11.5 Å².